The van der Waals surface area contributed by atoms with Crippen LogP contribution in [0.2, 0.25) is 10.0 Å². The van der Waals surface area contributed by atoms with E-state index < -0.39 is 5.82 Å². The van der Waals surface area contributed by atoms with Gasteiger partial charge in [0.05, 0.1) is 17.3 Å². The molecule has 150 valence electrons. The van der Waals surface area contributed by atoms with Gasteiger partial charge in [0.1, 0.15) is 23.2 Å². The summed E-state index contributed by atoms with van der Waals surface area (Å²) in [5.74, 6) is -0.449. The van der Waals surface area contributed by atoms with Crippen molar-refractivity contribution in [2.45, 2.75) is 20.4 Å². The normalized spacial score (nSPS) is 16.5. The zero-order chi connectivity index (χ0) is 21.0. The van der Waals surface area contributed by atoms with Crippen LogP contribution in [0.3, 0.4) is 0 Å². The van der Waals surface area contributed by atoms with Gasteiger partial charge in [-0.2, -0.15) is 0 Å². The first-order valence-corrected chi connectivity index (χ1v) is 9.28. The Labute approximate surface area is 172 Å². The van der Waals surface area contributed by atoms with Crippen molar-refractivity contribution in [1.82, 2.24) is 4.90 Å². The minimum Gasteiger partial charge on any atom is -0.387 e. The summed E-state index contributed by atoms with van der Waals surface area (Å²) in [6, 6.07) is 2.63. The van der Waals surface area contributed by atoms with Crippen LogP contribution in [-0.2, 0) is 6.54 Å². The third-order valence-electron chi connectivity index (χ3n) is 4.11. The van der Waals surface area contributed by atoms with Crippen LogP contribution >= 0.6 is 23.2 Å². The number of rotatable bonds is 5. The van der Waals surface area contributed by atoms with E-state index in [1.807, 2.05) is 13.8 Å². The summed E-state index contributed by atoms with van der Waals surface area (Å²) in [7, 11) is 0. The number of nitrogens with one attached hydrogen (secondary N) is 2. The van der Waals surface area contributed by atoms with Gasteiger partial charge in [0.2, 0.25) is 0 Å². The molecule has 0 bridgehead atoms. The van der Waals surface area contributed by atoms with Crippen molar-refractivity contribution in [3.63, 3.8) is 0 Å². The lowest BCUT2D eigenvalue weighted by Gasteiger charge is -2.30. The van der Waals surface area contributed by atoms with Gasteiger partial charge < -0.3 is 16.4 Å². The number of nitrogens with two attached hydrogens (primary N) is 2. The van der Waals surface area contributed by atoms with Crippen LogP contribution in [0.4, 0.5) is 4.39 Å². The molecule has 0 radical (unpaired) electrons. The minimum absolute atomic E-state index is 0.0455. The predicted octanol–water partition coefficient (Wildman–Crippen LogP) is 3.20. The molecule has 1 aromatic rings. The van der Waals surface area contributed by atoms with Crippen LogP contribution in [-0.4, -0.2) is 41.2 Å². The molecule has 0 amide bonds. The van der Waals surface area contributed by atoms with Gasteiger partial charge in [0, 0.05) is 29.6 Å². The Balaban J connectivity index is 2.34. The zero-order valence-corrected chi connectivity index (χ0v) is 17.1. The highest BCUT2D eigenvalue weighted by Crippen LogP contribution is 2.29. The van der Waals surface area contributed by atoms with Gasteiger partial charge >= 0.3 is 0 Å². The van der Waals surface area contributed by atoms with Crippen molar-refractivity contribution in [3.8, 4) is 0 Å². The number of hydrogen-bond acceptors (Lipinski definition) is 5. The van der Waals surface area contributed by atoms with Crippen molar-refractivity contribution in [3.05, 3.63) is 45.3 Å². The molecule has 0 aliphatic carbocycles. The second-order valence-corrected chi connectivity index (χ2v) is 7.28. The highest BCUT2D eigenvalue weighted by Gasteiger charge is 2.22. The van der Waals surface area contributed by atoms with Crippen molar-refractivity contribution < 1.29 is 4.39 Å². The maximum Gasteiger partial charge on any atom is 0.171 e. The van der Waals surface area contributed by atoms with Crippen LogP contribution in [0.25, 0.3) is 0 Å². The van der Waals surface area contributed by atoms with E-state index in [0.717, 1.165) is 0 Å². The monoisotopic (exact) mass is 425 g/mol. The highest BCUT2D eigenvalue weighted by atomic mass is 35.5. The fourth-order valence-electron chi connectivity index (χ4n) is 2.41. The molecule has 0 unspecified atom stereocenters. The van der Waals surface area contributed by atoms with Gasteiger partial charge in [-0.05, 0) is 18.2 Å². The second kappa shape index (κ2) is 9.16. The van der Waals surface area contributed by atoms with Gasteiger partial charge in [-0.15, -0.1) is 0 Å². The molecule has 0 atom stereocenters. The molecule has 1 aliphatic heterocycles. The summed E-state index contributed by atoms with van der Waals surface area (Å²) in [6.07, 6.45) is 1.39. The Hall–Kier alpha value is -2.45. The lowest BCUT2D eigenvalue weighted by Crippen LogP contribution is -2.38. The summed E-state index contributed by atoms with van der Waals surface area (Å²) in [4.78, 5) is 9.90. The van der Waals surface area contributed by atoms with E-state index >= 15 is 0 Å². The maximum atomic E-state index is 13.8. The van der Waals surface area contributed by atoms with E-state index in [1.165, 1.54) is 18.2 Å². The van der Waals surface area contributed by atoms with Gasteiger partial charge in [-0.3, -0.25) is 15.8 Å². The fourth-order valence-corrected chi connectivity index (χ4v) is 2.90. The molecule has 0 fully saturated rings. The summed E-state index contributed by atoms with van der Waals surface area (Å²) in [6.45, 7) is 4.75. The topological polar surface area (TPSA) is 128 Å². The van der Waals surface area contributed by atoms with E-state index in [0.29, 0.717) is 29.4 Å². The molecule has 0 aromatic heterocycles. The van der Waals surface area contributed by atoms with E-state index in [2.05, 4.69) is 9.98 Å². The summed E-state index contributed by atoms with van der Waals surface area (Å²) in [5, 5.41) is 16.3. The first kappa shape index (κ1) is 21.8. The van der Waals surface area contributed by atoms with E-state index in [9.17, 15) is 4.39 Å². The Morgan fingerprint density at radius 3 is 2.71 bits per heavy atom. The van der Waals surface area contributed by atoms with Gasteiger partial charge in [0.25, 0.3) is 0 Å². The van der Waals surface area contributed by atoms with E-state index in [4.69, 9.17) is 45.5 Å². The minimum atomic E-state index is -0.571. The number of hydrogen-bond donors (Lipinski definition) is 4. The van der Waals surface area contributed by atoms with Crippen LogP contribution in [0.1, 0.15) is 19.4 Å². The number of halogens is 3. The highest BCUT2D eigenvalue weighted by molar-refractivity contribution is 6.45. The maximum absolute atomic E-state index is 13.8. The molecule has 10 heteroatoms. The molecule has 1 aliphatic rings. The fraction of sp³-hybridized carbons (Fsp3) is 0.333. The van der Waals surface area contributed by atoms with E-state index in [1.54, 1.807) is 4.90 Å². The van der Waals surface area contributed by atoms with Gasteiger partial charge in [-0.1, -0.05) is 37.0 Å². The molecule has 2 rings (SSSR count). The molecule has 7 nitrogen and oxygen atoms in total. The van der Waals surface area contributed by atoms with Crippen LogP contribution in [0.15, 0.2) is 33.9 Å². The smallest absolute Gasteiger partial charge is 0.171 e. The van der Waals surface area contributed by atoms with Crippen LogP contribution in [0.5, 0.6) is 0 Å². The van der Waals surface area contributed by atoms with Gasteiger partial charge in [0.15, 0.2) is 5.84 Å². The summed E-state index contributed by atoms with van der Waals surface area (Å²) in [5.41, 5.74) is 12.4. The standard InChI is InChI=1S/C18H22Cl2FN7/c1-9(2)16(23)27-17(24)13(22)7-14-18(25)26-5-6-28(14)8-10-11(19)3-4-12(21)15(10)20/h3-4,7,9,22H,5-6,8H2,1-2H3,(H2,25,26)(H3,23,24,27)/b14-7+,22-13?. The molecule has 1 heterocycles. The van der Waals surface area contributed by atoms with Crippen LogP contribution < -0.4 is 11.5 Å². The third kappa shape index (κ3) is 5.08. The average Bonchev–Trinajstić information content (AvgIpc) is 2.64. The Morgan fingerprint density at radius 1 is 1.39 bits per heavy atom. The second-order valence-electron chi connectivity index (χ2n) is 6.49. The Bertz CT molecular complexity index is 890. The van der Waals surface area contributed by atoms with Crippen LogP contribution in [0, 0.1) is 22.6 Å². The average molecular weight is 426 g/mol. The molecular formula is C18H22Cl2FN7. The molecule has 0 saturated heterocycles. The summed E-state index contributed by atoms with van der Waals surface area (Å²) < 4.78 is 13.8. The predicted molar refractivity (Wildman–Crippen MR) is 113 cm³/mol. The molecular weight excluding hydrogens is 404 g/mol. The van der Waals surface area contributed by atoms with Crippen molar-refractivity contribution in [2.75, 3.05) is 13.1 Å². The van der Waals surface area contributed by atoms with E-state index in [-0.39, 0.29) is 40.7 Å². The third-order valence-corrected chi connectivity index (χ3v) is 4.87. The zero-order valence-electron chi connectivity index (χ0n) is 15.6. The van der Waals surface area contributed by atoms with Crippen molar-refractivity contribution >= 4 is 46.4 Å². The molecule has 1 aromatic carbocycles. The molecule has 0 saturated carbocycles. The molecule has 28 heavy (non-hydrogen) atoms. The Morgan fingerprint density at radius 2 is 2.07 bits per heavy atom. The lowest BCUT2D eigenvalue weighted by atomic mass is 10.1. The molecule has 0 spiro atoms. The number of benzene rings is 1. The Kier molecular flexibility index (Phi) is 7.15. The quantitative estimate of drug-likeness (QED) is 0.328. The SMILES string of the molecule is CC(C)C(N)=NC(=N)C(=N)/C=C1\C(N)=NCCN1Cc1c(Cl)ccc(F)c1Cl. The summed E-state index contributed by atoms with van der Waals surface area (Å²) >= 11 is 12.3. The molecule has 6 N–H and O–H groups in total. The first-order chi connectivity index (χ1) is 13.1. The van der Waals surface area contributed by atoms with Gasteiger partial charge in [-0.25, -0.2) is 9.38 Å². The number of nitrogens with zero attached hydrogens (tertiary/aromatic N) is 3. The lowest BCUT2D eigenvalue weighted by molar-refractivity contribution is 0.352. The number of amidine groups is 3. The number of aliphatic imine (C=N–C) groups is 2. The van der Waals surface area contributed by atoms with Crippen molar-refractivity contribution in [1.29, 1.82) is 10.8 Å². The largest absolute Gasteiger partial charge is 0.387 e. The first-order valence-electron chi connectivity index (χ1n) is 8.52. The van der Waals surface area contributed by atoms with Crippen molar-refractivity contribution in [2.24, 2.45) is 27.4 Å².